The van der Waals surface area contributed by atoms with Gasteiger partial charge in [0, 0.05) is 59.0 Å². The van der Waals surface area contributed by atoms with Crippen LogP contribution in [0.3, 0.4) is 0 Å². The number of hydrogen-bond acceptors (Lipinski definition) is 13. The molecule has 2 unspecified atom stereocenters. The highest BCUT2D eigenvalue weighted by molar-refractivity contribution is 9.10. The lowest BCUT2D eigenvalue weighted by molar-refractivity contribution is -0.135. The number of benzene rings is 2. The number of amidine groups is 1. The zero-order valence-corrected chi connectivity index (χ0v) is 39.4. The summed E-state index contributed by atoms with van der Waals surface area (Å²) < 4.78 is 12.8. The van der Waals surface area contributed by atoms with E-state index in [0.717, 1.165) is 37.2 Å². The van der Waals surface area contributed by atoms with Gasteiger partial charge in [0.25, 0.3) is 0 Å². The van der Waals surface area contributed by atoms with Gasteiger partial charge < -0.3 is 33.9 Å². The van der Waals surface area contributed by atoms with Crippen molar-refractivity contribution >= 4 is 55.2 Å². The Kier molecular flexibility index (Phi) is 13.5. The van der Waals surface area contributed by atoms with Crippen molar-refractivity contribution in [2.75, 3.05) is 13.1 Å². The number of nitrogens with one attached hydrogen (secondary N) is 1. The summed E-state index contributed by atoms with van der Waals surface area (Å²) >= 11 is 6.90. The Labute approximate surface area is 378 Å². The van der Waals surface area contributed by atoms with Crippen LogP contribution in [-0.4, -0.2) is 91.1 Å². The molecule has 2 saturated heterocycles. The molecule has 4 aliphatic rings. The molecule has 2 aromatic heterocycles. The summed E-state index contributed by atoms with van der Waals surface area (Å²) in [6.07, 6.45) is 0.161. The third-order valence-electron chi connectivity index (χ3n) is 12.0. The Hall–Kier alpha value is -4.42. The van der Waals surface area contributed by atoms with Crippen molar-refractivity contribution in [1.29, 1.82) is 0 Å². The Balaban J connectivity index is 0.000000186. The van der Waals surface area contributed by atoms with E-state index in [1.807, 2.05) is 110 Å². The third-order valence-corrected chi connectivity index (χ3v) is 13.1. The van der Waals surface area contributed by atoms with Gasteiger partial charge in [-0.25, -0.2) is 15.3 Å². The molecule has 15 nitrogen and oxygen atoms in total. The summed E-state index contributed by atoms with van der Waals surface area (Å²) in [7, 11) is 0. The quantitative estimate of drug-likeness (QED) is 0.144. The summed E-state index contributed by atoms with van der Waals surface area (Å²) in [6, 6.07) is 18.6. The summed E-state index contributed by atoms with van der Waals surface area (Å²) in [5, 5.41) is 33.1. The van der Waals surface area contributed by atoms with E-state index in [1.54, 1.807) is 15.9 Å². The minimum Gasteiger partial charge on any atom is -0.391 e. The lowest BCUT2D eigenvalue weighted by Gasteiger charge is -2.29. The molecule has 4 aliphatic heterocycles. The van der Waals surface area contributed by atoms with Crippen LogP contribution >= 0.6 is 31.9 Å². The summed E-state index contributed by atoms with van der Waals surface area (Å²) in [5.41, 5.74) is 5.55. The Morgan fingerprint density at radius 2 is 1.23 bits per heavy atom. The number of aliphatic hydroxyl groups is 2. The number of aliphatic imine (C=N–C) groups is 1. The van der Waals surface area contributed by atoms with E-state index in [4.69, 9.17) is 23.7 Å². The van der Waals surface area contributed by atoms with Gasteiger partial charge in [-0.15, -0.1) is 0 Å². The smallest absolute Gasteiger partial charge is 0.234 e. The fourth-order valence-electron chi connectivity index (χ4n) is 8.74. The zero-order valence-electron chi connectivity index (χ0n) is 36.2. The summed E-state index contributed by atoms with van der Waals surface area (Å²) in [5.74, 6) is 0.504. The lowest BCUT2D eigenvalue weighted by Crippen LogP contribution is -2.46. The van der Waals surface area contributed by atoms with Gasteiger partial charge in [-0.05, 0) is 69.4 Å². The maximum atomic E-state index is 13.6. The number of amides is 2. The second kappa shape index (κ2) is 18.4. The van der Waals surface area contributed by atoms with Gasteiger partial charge in [0.2, 0.25) is 17.5 Å². The second-order valence-electron chi connectivity index (χ2n) is 17.8. The van der Waals surface area contributed by atoms with Crippen LogP contribution in [0.25, 0.3) is 0 Å². The number of halogens is 2. The molecule has 2 amide bonds. The van der Waals surface area contributed by atoms with Crippen molar-refractivity contribution in [2.45, 2.75) is 122 Å². The predicted molar refractivity (Wildman–Crippen MR) is 238 cm³/mol. The van der Waals surface area contributed by atoms with E-state index in [0.29, 0.717) is 36.6 Å². The fraction of sp³-hybridized carbons (Fsp3) is 0.511. The monoisotopic (exact) mass is 979 g/mol. The van der Waals surface area contributed by atoms with E-state index < -0.39 is 41.4 Å². The first-order valence-electron chi connectivity index (χ1n) is 21.0. The molecule has 332 valence electrons. The Bertz CT molecular complexity index is 2300. The van der Waals surface area contributed by atoms with E-state index >= 15 is 0 Å². The predicted octanol–water partition coefficient (Wildman–Crippen LogP) is 7.39. The van der Waals surface area contributed by atoms with Crippen LogP contribution in [0.15, 0.2) is 88.8 Å². The first-order chi connectivity index (χ1) is 29.4. The van der Waals surface area contributed by atoms with Gasteiger partial charge in [-0.3, -0.25) is 9.59 Å². The largest absolute Gasteiger partial charge is 0.391 e. The number of β-amino-alcohol motifs (C(OH)–C–C–N with tert-alkyl or cyclic N) is 2. The molecule has 2 fully saturated rings. The van der Waals surface area contributed by atoms with Gasteiger partial charge in [-0.2, -0.15) is 0 Å². The average Bonchev–Trinajstić information content (AvgIpc) is 4.09. The number of hydrogen-bond donors (Lipinski definition) is 3. The topological polar surface area (TPSA) is 188 Å². The van der Waals surface area contributed by atoms with Crippen molar-refractivity contribution in [1.82, 2.24) is 25.6 Å². The molecular formula is C45H55Br2N7O8. The highest BCUT2D eigenvalue weighted by Crippen LogP contribution is 2.40. The normalized spacial score (nSPS) is 26.8. The molecule has 0 spiro atoms. The number of aliphatic hydroxyl groups excluding tert-OH is 2. The Morgan fingerprint density at radius 3 is 1.69 bits per heavy atom. The molecule has 0 bridgehead atoms. The van der Waals surface area contributed by atoms with Crippen LogP contribution in [0, 0.1) is 25.7 Å². The van der Waals surface area contributed by atoms with E-state index in [9.17, 15) is 19.8 Å². The molecule has 3 N–H and O–H groups in total. The molecular weight excluding hydrogens is 926 g/mol. The molecule has 2 aromatic carbocycles. The number of hydroxylamine groups is 1. The first-order valence-corrected chi connectivity index (χ1v) is 22.6. The van der Waals surface area contributed by atoms with Crippen molar-refractivity contribution in [2.24, 2.45) is 22.0 Å². The first kappa shape index (κ1) is 45.6. The van der Waals surface area contributed by atoms with Crippen LogP contribution in [0.2, 0.25) is 0 Å². The average molecular weight is 982 g/mol. The minimum atomic E-state index is -0.919. The zero-order chi connectivity index (χ0) is 44.7. The number of aryl methyl sites for hydroxylation is 2. The maximum Gasteiger partial charge on any atom is 0.234 e. The molecule has 4 aromatic rings. The molecule has 8 rings (SSSR count). The van der Waals surface area contributed by atoms with Crippen molar-refractivity contribution in [3.8, 4) is 0 Å². The van der Waals surface area contributed by atoms with Crippen LogP contribution in [0.1, 0.15) is 107 Å². The molecule has 6 heterocycles. The molecule has 17 heteroatoms. The highest BCUT2D eigenvalue weighted by Gasteiger charge is 2.48. The van der Waals surface area contributed by atoms with Crippen molar-refractivity contribution in [3.05, 3.63) is 104 Å². The van der Waals surface area contributed by atoms with Gasteiger partial charge in [-0.1, -0.05) is 99.3 Å². The fourth-order valence-corrected chi connectivity index (χ4v) is 9.26. The summed E-state index contributed by atoms with van der Waals surface area (Å²) in [6.45, 7) is 16.0. The molecule has 62 heavy (non-hydrogen) atoms. The number of aromatic nitrogens is 2. The molecule has 0 saturated carbocycles. The van der Waals surface area contributed by atoms with Crippen LogP contribution < -0.4 is 5.48 Å². The van der Waals surface area contributed by atoms with Crippen molar-refractivity contribution < 1.29 is 38.5 Å². The SMILES string of the molecule is Cc1cc([C@@H](C(=O)N2C[C@H](O)C[C@H]2C2=NC(C)(c3ccc(Br)cc3)ON2)C(C)C)on1.Cc1cc([C@H](C(=O)N2C[C@H](O)C[C@H]2C2=NOC(C)(c3ccc(Br)cc3)C2)C(C)C)on1. The molecule has 0 aliphatic carbocycles. The van der Waals surface area contributed by atoms with Crippen LogP contribution in [0.5, 0.6) is 0 Å². The van der Waals surface area contributed by atoms with Gasteiger partial charge in [0.1, 0.15) is 29.2 Å². The van der Waals surface area contributed by atoms with E-state index in [1.165, 1.54) is 0 Å². The number of carbonyl (C=O) groups excluding carboxylic acids is 2. The lowest BCUT2D eigenvalue weighted by atomic mass is 9.87. The van der Waals surface area contributed by atoms with E-state index in [-0.39, 0.29) is 42.8 Å². The number of nitrogens with zero attached hydrogens (tertiary/aromatic N) is 6. The highest BCUT2D eigenvalue weighted by atomic mass is 79.9. The number of likely N-dealkylation sites (tertiary alicyclic amines) is 2. The summed E-state index contributed by atoms with van der Waals surface area (Å²) in [4.78, 5) is 47.1. The number of carbonyl (C=O) groups is 2. The van der Waals surface area contributed by atoms with Gasteiger partial charge >= 0.3 is 0 Å². The second-order valence-corrected chi connectivity index (χ2v) is 19.6. The van der Waals surface area contributed by atoms with Crippen LogP contribution in [0.4, 0.5) is 0 Å². The van der Waals surface area contributed by atoms with E-state index in [2.05, 4.69) is 52.8 Å². The Morgan fingerprint density at radius 1 is 0.758 bits per heavy atom. The van der Waals surface area contributed by atoms with Gasteiger partial charge in [0.05, 0.1) is 41.4 Å². The molecule has 0 radical (unpaired) electrons. The number of rotatable bonds is 10. The van der Waals surface area contributed by atoms with Gasteiger partial charge in [0.15, 0.2) is 5.60 Å². The minimum absolute atomic E-state index is 0.000926. The maximum absolute atomic E-state index is 13.6. The van der Waals surface area contributed by atoms with Crippen LogP contribution in [-0.2, 0) is 30.6 Å². The van der Waals surface area contributed by atoms with Crippen molar-refractivity contribution in [3.63, 3.8) is 0 Å². The molecule has 8 atom stereocenters. The number of oxime groups is 1. The standard InChI is InChI=1S/C23H28BrN3O4.C22H27BrN4O4/c1-13(2)21(20-9-14(3)25-30-20)22(29)27-12-17(28)10-19(27)18-11-23(4,31-26-18)15-5-7-16(24)8-6-15;1-12(2)19(18-9-13(3)25-30-18)21(29)27-11-16(28)10-17(27)20-24-22(4,31-26-20)14-5-7-15(23)8-6-14/h5-9,13,17,19,21,28H,10-12H2,1-4H3;5-9,12,16-17,19,28H,10-11H2,1-4H3,(H,24,26)/t17-,19+,21-,23?;16-,17+,19+,22?/m11/s1. The third kappa shape index (κ3) is 9.56.